The van der Waals surface area contributed by atoms with Crippen molar-refractivity contribution in [2.75, 3.05) is 13.7 Å². The van der Waals surface area contributed by atoms with Crippen LogP contribution in [0.15, 0.2) is 12.1 Å². The predicted molar refractivity (Wildman–Crippen MR) is 77.9 cm³/mol. The third kappa shape index (κ3) is 2.77. The van der Waals surface area contributed by atoms with Crippen LogP contribution in [0.5, 0.6) is 5.75 Å². The van der Waals surface area contributed by atoms with E-state index in [0.717, 1.165) is 18.8 Å². The van der Waals surface area contributed by atoms with E-state index in [0.29, 0.717) is 6.04 Å². The first-order valence-electron chi connectivity index (χ1n) is 7.10. The molecule has 1 fully saturated rings. The molecule has 0 aromatic heterocycles. The molecule has 2 rings (SSSR count). The van der Waals surface area contributed by atoms with Crippen LogP contribution in [0.2, 0.25) is 0 Å². The number of hydrogen-bond acceptors (Lipinski definition) is 3. The zero-order valence-electron chi connectivity index (χ0n) is 12.6. The summed E-state index contributed by atoms with van der Waals surface area (Å²) in [5.74, 6) is 1.03. The SMILES string of the molecule is CCOC1C(NC)CC1Oc1c(C)ccc(C)c1C. The van der Waals surface area contributed by atoms with Gasteiger partial charge in [0.05, 0.1) is 0 Å². The van der Waals surface area contributed by atoms with Crippen molar-refractivity contribution in [3.63, 3.8) is 0 Å². The Morgan fingerprint density at radius 3 is 2.53 bits per heavy atom. The lowest BCUT2D eigenvalue weighted by molar-refractivity contribution is -0.103. The molecule has 0 aliphatic heterocycles. The fourth-order valence-electron chi connectivity index (χ4n) is 2.65. The molecular weight excluding hydrogens is 238 g/mol. The van der Waals surface area contributed by atoms with Crippen molar-refractivity contribution in [2.45, 2.75) is 52.4 Å². The molecule has 0 spiro atoms. The van der Waals surface area contributed by atoms with Crippen LogP contribution >= 0.6 is 0 Å². The van der Waals surface area contributed by atoms with Crippen molar-refractivity contribution >= 4 is 0 Å². The molecular formula is C16H25NO2. The fraction of sp³-hybridized carbons (Fsp3) is 0.625. The maximum atomic E-state index is 6.22. The average Bonchev–Trinajstić information content (AvgIpc) is 2.39. The highest BCUT2D eigenvalue weighted by molar-refractivity contribution is 5.44. The van der Waals surface area contributed by atoms with E-state index in [2.05, 4.69) is 38.2 Å². The van der Waals surface area contributed by atoms with Gasteiger partial charge < -0.3 is 14.8 Å². The van der Waals surface area contributed by atoms with Gasteiger partial charge in [-0.3, -0.25) is 0 Å². The van der Waals surface area contributed by atoms with Gasteiger partial charge in [0.15, 0.2) is 0 Å². The molecule has 1 aromatic rings. The standard InChI is InChI=1S/C16H25NO2/c1-6-18-16-13(17-5)9-14(16)19-15-11(3)8-7-10(2)12(15)4/h7-8,13-14,16-17H,6,9H2,1-5H3. The van der Waals surface area contributed by atoms with Crippen LogP contribution in [-0.4, -0.2) is 31.9 Å². The van der Waals surface area contributed by atoms with Crippen LogP contribution in [0, 0.1) is 20.8 Å². The highest BCUT2D eigenvalue weighted by Crippen LogP contribution is 2.33. The monoisotopic (exact) mass is 263 g/mol. The third-order valence-corrected chi connectivity index (χ3v) is 4.12. The Hall–Kier alpha value is -1.06. The number of nitrogens with one attached hydrogen (secondary N) is 1. The first kappa shape index (κ1) is 14.4. The second-order valence-electron chi connectivity index (χ2n) is 5.36. The third-order valence-electron chi connectivity index (χ3n) is 4.12. The van der Waals surface area contributed by atoms with Gasteiger partial charge in [-0.05, 0) is 51.4 Å². The molecule has 106 valence electrons. The van der Waals surface area contributed by atoms with E-state index in [9.17, 15) is 0 Å². The normalized spacial score (nSPS) is 26.1. The first-order chi connectivity index (χ1) is 9.08. The second-order valence-corrected chi connectivity index (χ2v) is 5.36. The quantitative estimate of drug-likeness (QED) is 0.886. The summed E-state index contributed by atoms with van der Waals surface area (Å²) < 4.78 is 12.0. The van der Waals surface area contributed by atoms with Gasteiger partial charge in [-0.25, -0.2) is 0 Å². The van der Waals surface area contributed by atoms with Crippen molar-refractivity contribution in [3.8, 4) is 5.75 Å². The minimum Gasteiger partial charge on any atom is -0.487 e. The van der Waals surface area contributed by atoms with Crippen LogP contribution < -0.4 is 10.1 Å². The van der Waals surface area contributed by atoms with E-state index in [-0.39, 0.29) is 12.2 Å². The molecule has 1 saturated carbocycles. The van der Waals surface area contributed by atoms with Crippen molar-refractivity contribution in [2.24, 2.45) is 0 Å². The van der Waals surface area contributed by atoms with Crippen LogP contribution in [0.4, 0.5) is 0 Å². The van der Waals surface area contributed by atoms with Crippen molar-refractivity contribution in [1.82, 2.24) is 5.32 Å². The molecule has 3 nitrogen and oxygen atoms in total. The summed E-state index contributed by atoms with van der Waals surface area (Å²) in [6.07, 6.45) is 1.33. The summed E-state index contributed by atoms with van der Waals surface area (Å²) in [5.41, 5.74) is 3.72. The smallest absolute Gasteiger partial charge is 0.128 e. The summed E-state index contributed by atoms with van der Waals surface area (Å²) in [5, 5.41) is 3.29. The lowest BCUT2D eigenvalue weighted by atomic mass is 9.85. The number of benzene rings is 1. The van der Waals surface area contributed by atoms with Crippen LogP contribution in [-0.2, 0) is 4.74 Å². The zero-order valence-corrected chi connectivity index (χ0v) is 12.6. The van der Waals surface area contributed by atoms with E-state index in [1.54, 1.807) is 0 Å². The fourth-order valence-corrected chi connectivity index (χ4v) is 2.65. The Labute approximate surface area is 116 Å². The summed E-state index contributed by atoms with van der Waals surface area (Å²) in [7, 11) is 1.98. The molecule has 0 saturated heterocycles. The number of rotatable bonds is 5. The van der Waals surface area contributed by atoms with Crippen LogP contribution in [0.3, 0.4) is 0 Å². The summed E-state index contributed by atoms with van der Waals surface area (Å²) in [4.78, 5) is 0. The number of ether oxygens (including phenoxy) is 2. The Kier molecular flexibility index (Phi) is 4.48. The highest BCUT2D eigenvalue weighted by Gasteiger charge is 2.43. The molecule has 3 atom stereocenters. The maximum absolute atomic E-state index is 6.22. The van der Waals surface area contributed by atoms with Gasteiger partial charge >= 0.3 is 0 Å². The molecule has 1 aliphatic carbocycles. The van der Waals surface area contributed by atoms with E-state index in [1.165, 1.54) is 16.7 Å². The van der Waals surface area contributed by atoms with Gasteiger partial charge in [0.25, 0.3) is 0 Å². The number of aryl methyl sites for hydroxylation is 2. The minimum atomic E-state index is 0.161. The average molecular weight is 263 g/mol. The van der Waals surface area contributed by atoms with Gasteiger partial charge in [0.2, 0.25) is 0 Å². The Morgan fingerprint density at radius 2 is 1.89 bits per heavy atom. The highest BCUT2D eigenvalue weighted by atomic mass is 16.5. The molecule has 0 heterocycles. The molecule has 3 unspecified atom stereocenters. The van der Waals surface area contributed by atoms with E-state index < -0.39 is 0 Å². The maximum Gasteiger partial charge on any atom is 0.128 e. The van der Waals surface area contributed by atoms with Gasteiger partial charge in [-0.1, -0.05) is 12.1 Å². The predicted octanol–water partition coefficient (Wildman–Crippen LogP) is 2.76. The lowest BCUT2D eigenvalue weighted by Gasteiger charge is -2.44. The van der Waals surface area contributed by atoms with E-state index >= 15 is 0 Å². The lowest BCUT2D eigenvalue weighted by Crippen LogP contribution is -2.60. The van der Waals surface area contributed by atoms with Gasteiger partial charge in [0.1, 0.15) is 18.0 Å². The van der Waals surface area contributed by atoms with Crippen LogP contribution in [0.1, 0.15) is 30.0 Å². The number of hydrogen-bond donors (Lipinski definition) is 1. The molecule has 1 aromatic carbocycles. The minimum absolute atomic E-state index is 0.161. The Morgan fingerprint density at radius 1 is 1.21 bits per heavy atom. The Balaban J connectivity index is 2.12. The molecule has 1 N–H and O–H groups in total. The summed E-state index contributed by atoms with van der Waals surface area (Å²) >= 11 is 0. The topological polar surface area (TPSA) is 30.5 Å². The van der Waals surface area contributed by atoms with Gasteiger partial charge in [-0.15, -0.1) is 0 Å². The molecule has 0 radical (unpaired) electrons. The van der Waals surface area contributed by atoms with Crippen molar-refractivity contribution in [3.05, 3.63) is 28.8 Å². The van der Waals surface area contributed by atoms with E-state index in [1.807, 2.05) is 14.0 Å². The number of likely N-dealkylation sites (N-methyl/N-ethyl adjacent to an activating group) is 1. The molecule has 3 heteroatoms. The molecule has 19 heavy (non-hydrogen) atoms. The van der Waals surface area contributed by atoms with E-state index in [4.69, 9.17) is 9.47 Å². The summed E-state index contributed by atoms with van der Waals surface area (Å²) in [6, 6.07) is 4.69. The largest absolute Gasteiger partial charge is 0.487 e. The molecule has 0 amide bonds. The first-order valence-corrected chi connectivity index (χ1v) is 7.10. The molecule has 1 aliphatic rings. The summed E-state index contributed by atoms with van der Waals surface area (Å²) in [6.45, 7) is 9.12. The van der Waals surface area contributed by atoms with Crippen LogP contribution in [0.25, 0.3) is 0 Å². The Bertz CT molecular complexity index is 445. The molecule has 0 bridgehead atoms. The second kappa shape index (κ2) is 5.93. The zero-order chi connectivity index (χ0) is 14.0. The van der Waals surface area contributed by atoms with Crippen molar-refractivity contribution < 1.29 is 9.47 Å². The van der Waals surface area contributed by atoms with Gasteiger partial charge in [-0.2, -0.15) is 0 Å². The van der Waals surface area contributed by atoms with Crippen molar-refractivity contribution in [1.29, 1.82) is 0 Å². The van der Waals surface area contributed by atoms with Gasteiger partial charge in [0, 0.05) is 19.1 Å².